The maximum atomic E-state index is 14.6. The van der Waals surface area contributed by atoms with Crippen LogP contribution in [-0.2, 0) is 24.2 Å². The summed E-state index contributed by atoms with van der Waals surface area (Å²) in [5.74, 6) is -1.42. The number of carbonyl (C=O) groups is 2. The molecule has 0 aliphatic carbocycles. The number of esters is 1. The van der Waals surface area contributed by atoms with E-state index in [4.69, 9.17) is 4.74 Å². The van der Waals surface area contributed by atoms with Crippen molar-refractivity contribution in [2.45, 2.75) is 61.9 Å². The summed E-state index contributed by atoms with van der Waals surface area (Å²) in [4.78, 5) is 23.9. The summed E-state index contributed by atoms with van der Waals surface area (Å²) in [5.41, 5.74) is -0.122. The Morgan fingerprint density at radius 3 is 2.28 bits per heavy atom. The first-order valence-electron chi connectivity index (χ1n) is 10.2. The quantitative estimate of drug-likeness (QED) is 0.661. The highest BCUT2D eigenvalue weighted by atomic mass is 32.2. The molecule has 0 saturated carbocycles. The molecule has 0 radical (unpaired) electrons. The van der Waals surface area contributed by atoms with Crippen molar-refractivity contribution in [1.82, 2.24) is 5.32 Å². The van der Waals surface area contributed by atoms with Gasteiger partial charge in [-0.15, -0.1) is 0 Å². The Kier molecular flexibility index (Phi) is 6.71. The Hall–Kier alpha value is -2.78. The molecule has 172 valence electrons. The zero-order chi connectivity index (χ0) is 23.7. The molecule has 2 N–H and O–H groups in total. The van der Waals surface area contributed by atoms with Gasteiger partial charge in [0.15, 0.2) is 9.84 Å². The van der Waals surface area contributed by atoms with Gasteiger partial charge in [-0.1, -0.05) is 18.2 Å². The van der Waals surface area contributed by atoms with E-state index in [1.165, 1.54) is 49.4 Å². The lowest BCUT2D eigenvalue weighted by Gasteiger charge is -2.22. The van der Waals surface area contributed by atoms with Gasteiger partial charge in [-0.05, 0) is 57.5 Å². The molecule has 3 rings (SSSR count). The molecule has 0 spiro atoms. The molecule has 0 bridgehead atoms. The monoisotopic (exact) mass is 462 g/mol. The zero-order valence-corrected chi connectivity index (χ0v) is 19.2. The molecule has 1 aliphatic heterocycles. The van der Waals surface area contributed by atoms with Gasteiger partial charge in [0.25, 0.3) is 0 Å². The summed E-state index contributed by atoms with van der Waals surface area (Å²) in [7, 11) is -3.96. The molecule has 1 saturated heterocycles. The molecule has 3 atom stereocenters. The van der Waals surface area contributed by atoms with Gasteiger partial charge in [0.05, 0.1) is 16.2 Å². The number of benzene rings is 2. The Morgan fingerprint density at radius 1 is 1.09 bits per heavy atom. The van der Waals surface area contributed by atoms with Crippen LogP contribution in [0.5, 0.6) is 0 Å². The van der Waals surface area contributed by atoms with Crippen molar-refractivity contribution in [3.63, 3.8) is 0 Å². The first-order valence-corrected chi connectivity index (χ1v) is 11.8. The van der Waals surface area contributed by atoms with Crippen LogP contribution in [0.4, 0.5) is 10.1 Å². The van der Waals surface area contributed by atoms with Crippen molar-refractivity contribution in [2.75, 3.05) is 5.32 Å². The second kappa shape index (κ2) is 8.99. The molecule has 1 aliphatic rings. The third-order valence-electron chi connectivity index (χ3n) is 5.05. The minimum absolute atomic E-state index is 0.0181. The lowest BCUT2D eigenvalue weighted by Crippen LogP contribution is -2.38. The molecule has 32 heavy (non-hydrogen) atoms. The number of ether oxygens (including phenoxy) is 1. The van der Waals surface area contributed by atoms with Gasteiger partial charge < -0.3 is 10.1 Å². The van der Waals surface area contributed by atoms with Crippen molar-refractivity contribution < 1.29 is 27.1 Å². The fourth-order valence-electron chi connectivity index (χ4n) is 3.73. The van der Waals surface area contributed by atoms with Gasteiger partial charge in [-0.2, -0.15) is 0 Å². The Balaban J connectivity index is 1.97. The Bertz CT molecular complexity index is 1110. The molecule has 3 unspecified atom stereocenters. The lowest BCUT2D eigenvalue weighted by atomic mass is 10.0. The van der Waals surface area contributed by atoms with Gasteiger partial charge in [0, 0.05) is 18.2 Å². The number of hydrogen-bond donors (Lipinski definition) is 2. The summed E-state index contributed by atoms with van der Waals surface area (Å²) < 4.78 is 47.0. The highest BCUT2D eigenvalue weighted by molar-refractivity contribution is 7.92. The average molecular weight is 463 g/mol. The topological polar surface area (TPSA) is 102 Å². The van der Waals surface area contributed by atoms with Crippen molar-refractivity contribution in [3.8, 4) is 0 Å². The first-order chi connectivity index (χ1) is 14.9. The van der Waals surface area contributed by atoms with E-state index >= 15 is 0 Å². The van der Waals surface area contributed by atoms with Gasteiger partial charge in [0.1, 0.15) is 17.5 Å². The molecule has 2 aromatic carbocycles. The maximum absolute atomic E-state index is 14.6. The van der Waals surface area contributed by atoms with Crippen LogP contribution in [0.2, 0.25) is 0 Å². The van der Waals surface area contributed by atoms with Crippen LogP contribution in [0.25, 0.3) is 0 Å². The molecular weight excluding hydrogens is 435 g/mol. The van der Waals surface area contributed by atoms with Gasteiger partial charge in [-0.3, -0.25) is 14.9 Å². The summed E-state index contributed by atoms with van der Waals surface area (Å²) in [6.07, 6.45) is -0.0658. The van der Waals surface area contributed by atoms with Gasteiger partial charge >= 0.3 is 5.97 Å². The summed E-state index contributed by atoms with van der Waals surface area (Å²) >= 11 is 0. The van der Waals surface area contributed by atoms with E-state index in [-0.39, 0.29) is 22.8 Å². The number of hydrogen-bond acceptors (Lipinski definition) is 6. The van der Waals surface area contributed by atoms with Crippen LogP contribution in [-0.4, -0.2) is 37.2 Å². The van der Waals surface area contributed by atoms with Crippen molar-refractivity contribution >= 4 is 27.4 Å². The third-order valence-corrected chi connectivity index (χ3v) is 7.24. The number of nitrogens with one attached hydrogen (secondary N) is 2. The van der Waals surface area contributed by atoms with E-state index in [0.717, 1.165) is 0 Å². The minimum atomic E-state index is -3.96. The first kappa shape index (κ1) is 23.9. The van der Waals surface area contributed by atoms with Crippen LogP contribution in [0.15, 0.2) is 53.4 Å². The van der Waals surface area contributed by atoms with E-state index in [0.29, 0.717) is 5.69 Å². The third kappa shape index (κ3) is 5.34. The van der Waals surface area contributed by atoms with Gasteiger partial charge in [0.2, 0.25) is 5.91 Å². The van der Waals surface area contributed by atoms with Crippen LogP contribution < -0.4 is 10.6 Å². The molecule has 0 aromatic heterocycles. The van der Waals surface area contributed by atoms with Crippen LogP contribution in [0.3, 0.4) is 0 Å². The number of anilines is 1. The predicted molar refractivity (Wildman–Crippen MR) is 118 cm³/mol. The minimum Gasteiger partial charge on any atom is -0.459 e. The largest absolute Gasteiger partial charge is 0.459 e. The number of carbonyl (C=O) groups excluding carboxylic acids is 2. The van der Waals surface area contributed by atoms with E-state index < -0.39 is 44.6 Å². The molecule has 1 fully saturated rings. The van der Waals surface area contributed by atoms with Crippen LogP contribution in [0, 0.1) is 5.82 Å². The SMILES string of the molecule is CC(=O)Nc1ccc(S(=O)(=O)C2CC(C(=O)OC(C)(C)C)NC2c2ccccc2F)cc1. The van der Waals surface area contributed by atoms with E-state index in [9.17, 15) is 22.4 Å². The smallest absolute Gasteiger partial charge is 0.323 e. The second-order valence-electron chi connectivity index (χ2n) is 8.78. The molecule has 2 aromatic rings. The second-order valence-corrected chi connectivity index (χ2v) is 10.9. The van der Waals surface area contributed by atoms with E-state index in [1.807, 2.05) is 0 Å². The normalized spacial score (nSPS) is 21.2. The zero-order valence-electron chi connectivity index (χ0n) is 18.4. The van der Waals surface area contributed by atoms with Crippen LogP contribution >= 0.6 is 0 Å². The molecule has 1 heterocycles. The number of halogens is 1. The fraction of sp³-hybridized carbons (Fsp3) is 0.391. The van der Waals surface area contributed by atoms with Gasteiger partial charge in [-0.25, -0.2) is 12.8 Å². The lowest BCUT2D eigenvalue weighted by molar-refractivity contribution is -0.157. The number of amides is 1. The number of sulfone groups is 1. The summed E-state index contributed by atoms with van der Waals surface area (Å²) in [5, 5.41) is 4.47. The van der Waals surface area contributed by atoms with E-state index in [2.05, 4.69) is 10.6 Å². The predicted octanol–water partition coefficient (Wildman–Crippen LogP) is 3.37. The van der Waals surface area contributed by atoms with Crippen LogP contribution in [0.1, 0.15) is 45.7 Å². The Morgan fingerprint density at radius 2 is 1.72 bits per heavy atom. The Labute approximate surface area is 187 Å². The van der Waals surface area contributed by atoms with E-state index in [1.54, 1.807) is 26.8 Å². The average Bonchev–Trinajstić information content (AvgIpc) is 3.13. The van der Waals surface area contributed by atoms with Crippen molar-refractivity contribution in [2.24, 2.45) is 0 Å². The van der Waals surface area contributed by atoms with Crippen molar-refractivity contribution in [3.05, 3.63) is 59.9 Å². The summed E-state index contributed by atoms with van der Waals surface area (Å²) in [6.45, 7) is 6.52. The molecule has 9 heteroatoms. The standard InChI is InChI=1S/C23H27FN2O5S/c1-14(27)25-15-9-11-16(12-10-15)32(29,30)20-13-19(22(28)31-23(2,3)4)26-21(20)17-7-5-6-8-18(17)24/h5-12,19-21,26H,13H2,1-4H3,(H,25,27). The van der Waals surface area contributed by atoms with Crippen molar-refractivity contribution in [1.29, 1.82) is 0 Å². The molecule has 1 amide bonds. The maximum Gasteiger partial charge on any atom is 0.323 e. The molecular formula is C23H27FN2O5S. The highest BCUT2D eigenvalue weighted by Crippen LogP contribution is 2.37. The number of rotatable bonds is 5. The summed E-state index contributed by atoms with van der Waals surface area (Å²) in [6, 6.07) is 9.80. The molecule has 7 nitrogen and oxygen atoms in total. The highest BCUT2D eigenvalue weighted by Gasteiger charge is 2.47. The fourth-order valence-corrected chi connectivity index (χ4v) is 5.62.